The second-order valence-corrected chi connectivity index (χ2v) is 7.62. The van der Waals surface area contributed by atoms with Crippen molar-refractivity contribution >= 4 is 37.7 Å². The molecule has 0 bridgehead atoms. The van der Waals surface area contributed by atoms with Crippen LogP contribution in [-0.4, -0.2) is 17.2 Å². The van der Waals surface area contributed by atoms with Crippen molar-refractivity contribution in [3.8, 4) is 22.8 Å². The molecule has 0 aliphatic heterocycles. The van der Waals surface area contributed by atoms with Gasteiger partial charge in [-0.1, -0.05) is 35.6 Å². The van der Waals surface area contributed by atoms with Crippen LogP contribution in [0.5, 0.6) is 11.5 Å². The van der Waals surface area contributed by atoms with Gasteiger partial charge in [0.05, 0.1) is 22.7 Å². The van der Waals surface area contributed by atoms with Crippen LogP contribution >= 0.6 is 11.3 Å². The summed E-state index contributed by atoms with van der Waals surface area (Å²) in [6.45, 7) is 0. The van der Waals surface area contributed by atoms with E-state index in [-0.39, 0.29) is 5.75 Å². The average molecular weight is 415 g/mol. The van der Waals surface area contributed by atoms with E-state index < -0.39 is 0 Å². The molecular weight excluding hydrogens is 398 g/mol. The number of phenolic OH excluding ortho intramolecular Hbond substituents is 1. The summed E-state index contributed by atoms with van der Waals surface area (Å²) >= 11 is 1.55. The number of phenols is 1. The number of anilines is 1. The molecule has 0 atom stereocenters. The summed E-state index contributed by atoms with van der Waals surface area (Å²) in [5, 5.41) is 16.8. The maximum absolute atomic E-state index is 9.89. The Kier molecular flexibility index (Phi) is 4.57. The van der Waals surface area contributed by atoms with Gasteiger partial charge < -0.3 is 14.3 Å². The fraction of sp³-hybridized carbons (Fsp3) is 0.0435. The number of hydrogen-bond acceptors (Lipinski definition) is 7. The van der Waals surface area contributed by atoms with Crippen LogP contribution in [0.25, 0.3) is 32.5 Å². The summed E-state index contributed by atoms with van der Waals surface area (Å²) in [6.07, 6.45) is 0. The number of aromatic hydroxyl groups is 1. The van der Waals surface area contributed by atoms with Gasteiger partial charge in [-0.15, -0.1) is 0 Å². The highest BCUT2D eigenvalue weighted by Crippen LogP contribution is 2.32. The SMILES string of the molecule is COc1cc(-c2cc(=NNc3nc4ccccc4s3)c3ccccc3o2)ccc1O. The normalized spacial score (nSPS) is 11.8. The third kappa shape index (κ3) is 3.35. The zero-order valence-corrected chi connectivity index (χ0v) is 16.8. The zero-order chi connectivity index (χ0) is 20.5. The Morgan fingerprint density at radius 2 is 1.87 bits per heavy atom. The molecule has 0 unspecified atom stereocenters. The van der Waals surface area contributed by atoms with Gasteiger partial charge in [-0.25, -0.2) is 4.98 Å². The lowest BCUT2D eigenvalue weighted by Gasteiger charge is -2.08. The van der Waals surface area contributed by atoms with Gasteiger partial charge in [0.2, 0.25) is 5.13 Å². The lowest BCUT2D eigenvalue weighted by molar-refractivity contribution is 0.373. The van der Waals surface area contributed by atoms with Gasteiger partial charge in [-0.3, -0.25) is 5.43 Å². The molecule has 6 nitrogen and oxygen atoms in total. The second kappa shape index (κ2) is 7.53. The molecule has 0 amide bonds. The van der Waals surface area contributed by atoms with Gasteiger partial charge >= 0.3 is 0 Å². The smallest absolute Gasteiger partial charge is 0.204 e. The molecule has 5 rings (SSSR count). The van der Waals surface area contributed by atoms with Crippen LogP contribution < -0.4 is 15.5 Å². The average Bonchev–Trinajstić information content (AvgIpc) is 3.20. The lowest BCUT2D eigenvalue weighted by Crippen LogP contribution is -2.07. The first-order valence-electron chi connectivity index (χ1n) is 9.27. The molecule has 2 N–H and O–H groups in total. The van der Waals surface area contributed by atoms with Crippen molar-refractivity contribution in [1.29, 1.82) is 0 Å². The number of nitrogens with zero attached hydrogens (tertiary/aromatic N) is 2. The molecule has 0 saturated heterocycles. The van der Waals surface area contributed by atoms with E-state index in [0.29, 0.717) is 22.2 Å². The molecule has 30 heavy (non-hydrogen) atoms. The Bertz CT molecular complexity index is 1410. The standard InChI is InChI=1S/C23H17N3O3S/c1-28-21-12-14(10-11-18(21)27)20-13-17(15-6-2-4-8-19(15)29-20)25-26-23-24-16-7-3-5-9-22(16)30-23/h2-13,27H,1H3,(H,24,26). The van der Waals surface area contributed by atoms with Crippen molar-refractivity contribution in [1.82, 2.24) is 4.98 Å². The monoisotopic (exact) mass is 415 g/mol. The van der Waals surface area contributed by atoms with E-state index in [0.717, 1.165) is 26.5 Å². The van der Waals surface area contributed by atoms with Gasteiger partial charge in [0.15, 0.2) is 11.5 Å². The van der Waals surface area contributed by atoms with E-state index in [9.17, 15) is 5.11 Å². The Hall–Kier alpha value is -3.84. The first-order chi connectivity index (χ1) is 14.7. The van der Waals surface area contributed by atoms with Crippen LogP contribution in [0, 0.1) is 0 Å². The topological polar surface area (TPSA) is 79.9 Å². The summed E-state index contributed by atoms with van der Waals surface area (Å²) in [7, 11) is 1.51. The molecule has 0 radical (unpaired) electrons. The van der Waals surface area contributed by atoms with E-state index in [4.69, 9.17) is 9.15 Å². The van der Waals surface area contributed by atoms with Crippen molar-refractivity contribution in [2.75, 3.05) is 12.5 Å². The zero-order valence-electron chi connectivity index (χ0n) is 16.0. The largest absolute Gasteiger partial charge is 0.504 e. The molecule has 7 heteroatoms. The van der Waals surface area contributed by atoms with Crippen LogP contribution in [0.3, 0.4) is 0 Å². The van der Waals surface area contributed by atoms with Crippen LogP contribution in [0.2, 0.25) is 0 Å². The van der Waals surface area contributed by atoms with Gasteiger partial charge in [0.25, 0.3) is 0 Å². The van der Waals surface area contributed by atoms with Crippen molar-refractivity contribution in [3.05, 3.63) is 78.2 Å². The van der Waals surface area contributed by atoms with Gasteiger partial charge in [0, 0.05) is 17.0 Å². The summed E-state index contributed by atoms with van der Waals surface area (Å²) in [4.78, 5) is 4.57. The van der Waals surface area contributed by atoms with Crippen molar-refractivity contribution in [2.45, 2.75) is 0 Å². The van der Waals surface area contributed by atoms with Gasteiger partial charge in [0.1, 0.15) is 11.3 Å². The van der Waals surface area contributed by atoms with Gasteiger partial charge in [-0.2, -0.15) is 5.10 Å². The molecular formula is C23H17N3O3S. The molecule has 2 aromatic heterocycles. The van der Waals surface area contributed by atoms with Crippen LogP contribution in [0.4, 0.5) is 5.13 Å². The third-order valence-corrected chi connectivity index (χ3v) is 5.62. The Balaban J connectivity index is 1.62. The Morgan fingerprint density at radius 3 is 2.73 bits per heavy atom. The Morgan fingerprint density at radius 1 is 1.03 bits per heavy atom. The molecule has 148 valence electrons. The fourth-order valence-corrected chi connectivity index (χ4v) is 4.02. The van der Waals surface area contributed by atoms with Crippen LogP contribution in [-0.2, 0) is 0 Å². The molecule has 0 spiro atoms. The summed E-state index contributed by atoms with van der Waals surface area (Å²) in [5.74, 6) is 1.06. The minimum Gasteiger partial charge on any atom is -0.504 e. The number of aromatic nitrogens is 1. The number of rotatable bonds is 4. The molecule has 2 heterocycles. The molecule has 0 aliphatic carbocycles. The van der Waals surface area contributed by atoms with E-state index in [2.05, 4.69) is 15.5 Å². The number of hydrogen-bond donors (Lipinski definition) is 2. The summed E-state index contributed by atoms with van der Waals surface area (Å²) in [5.41, 5.74) is 5.49. The second-order valence-electron chi connectivity index (χ2n) is 6.59. The number of thiazole rings is 1. The highest BCUT2D eigenvalue weighted by atomic mass is 32.1. The number of ether oxygens (including phenoxy) is 1. The van der Waals surface area contributed by atoms with Crippen LogP contribution in [0.15, 0.2) is 82.3 Å². The molecule has 5 aromatic rings. The molecule has 0 aliphatic rings. The number of benzene rings is 3. The van der Waals surface area contributed by atoms with E-state index in [1.165, 1.54) is 7.11 Å². The third-order valence-electron chi connectivity index (χ3n) is 4.68. The Labute approximate surface area is 175 Å². The quantitative estimate of drug-likeness (QED) is 0.387. The van der Waals surface area contributed by atoms with Crippen molar-refractivity contribution < 1.29 is 14.3 Å². The first-order valence-corrected chi connectivity index (χ1v) is 10.1. The maximum Gasteiger partial charge on any atom is 0.204 e. The predicted octanol–water partition coefficient (Wildman–Crippen LogP) is 5.35. The highest BCUT2D eigenvalue weighted by Gasteiger charge is 2.10. The number of methoxy groups -OCH3 is 1. The molecule has 0 fully saturated rings. The minimum absolute atomic E-state index is 0.0736. The van der Waals surface area contributed by atoms with E-state index in [1.54, 1.807) is 29.5 Å². The number of nitrogens with one attached hydrogen (secondary N) is 1. The molecule has 0 saturated carbocycles. The van der Waals surface area contributed by atoms with Crippen molar-refractivity contribution in [2.24, 2.45) is 5.10 Å². The predicted molar refractivity (Wildman–Crippen MR) is 119 cm³/mol. The number of para-hydroxylation sites is 2. The number of fused-ring (bicyclic) bond motifs is 2. The summed E-state index contributed by atoms with van der Waals surface area (Å²) in [6, 6.07) is 22.6. The lowest BCUT2D eigenvalue weighted by atomic mass is 10.1. The van der Waals surface area contributed by atoms with Crippen molar-refractivity contribution in [3.63, 3.8) is 0 Å². The van der Waals surface area contributed by atoms with E-state index >= 15 is 0 Å². The van der Waals surface area contributed by atoms with E-state index in [1.807, 2.05) is 54.6 Å². The highest BCUT2D eigenvalue weighted by molar-refractivity contribution is 7.22. The van der Waals surface area contributed by atoms with Crippen LogP contribution in [0.1, 0.15) is 0 Å². The minimum atomic E-state index is 0.0736. The summed E-state index contributed by atoms with van der Waals surface area (Å²) < 4.78 is 12.4. The van der Waals surface area contributed by atoms with Gasteiger partial charge in [-0.05, 0) is 42.5 Å². The maximum atomic E-state index is 9.89. The fourth-order valence-electron chi connectivity index (χ4n) is 3.21. The molecule has 3 aromatic carbocycles. The first kappa shape index (κ1) is 18.2.